The first-order valence-electron chi connectivity index (χ1n) is 23.0. The molecule has 0 aromatic heterocycles. The van der Waals surface area contributed by atoms with E-state index in [2.05, 4.69) is 62.5 Å². The molecule has 0 saturated carbocycles. The summed E-state index contributed by atoms with van der Waals surface area (Å²) in [5.41, 5.74) is 0. The van der Waals surface area contributed by atoms with Crippen molar-refractivity contribution in [1.29, 1.82) is 0 Å². The molecule has 1 unspecified atom stereocenters. The van der Waals surface area contributed by atoms with Crippen LogP contribution in [0, 0.1) is 11.8 Å². The SMILES string of the molecule is CCCCC/C=C\C/C=C\C/C=C\C/C=C\C/C=C\CCC(=O)O[C@H](COC(=O)CCC/C=C\C[C@H]1C=CC(=O)[C@@H]1/C=C/[C@@H](O)CCCCC)COP(=O)(O)OCC[N+](C)(C)C. The molecule has 0 aliphatic heterocycles. The third-order valence-corrected chi connectivity index (χ3v) is 10.8. The van der Waals surface area contributed by atoms with Gasteiger partial charge in [-0.25, -0.2) is 4.57 Å². The molecule has 0 spiro atoms. The minimum Gasteiger partial charge on any atom is -0.462 e. The molecule has 11 nitrogen and oxygen atoms in total. The highest BCUT2D eigenvalue weighted by molar-refractivity contribution is 7.47. The van der Waals surface area contributed by atoms with Crippen LogP contribution in [0.15, 0.2) is 97.2 Å². The van der Waals surface area contributed by atoms with Gasteiger partial charge in [0.15, 0.2) is 11.9 Å². The van der Waals surface area contributed by atoms with Gasteiger partial charge in [0.1, 0.15) is 19.8 Å². The molecular formula is C50H81NO10P+. The Morgan fingerprint density at radius 1 is 0.742 bits per heavy atom. The van der Waals surface area contributed by atoms with Gasteiger partial charge in [-0.1, -0.05) is 137 Å². The minimum absolute atomic E-state index is 0.0189. The summed E-state index contributed by atoms with van der Waals surface area (Å²) in [5, 5.41) is 10.2. The Kier molecular flexibility index (Phi) is 32.8. The van der Waals surface area contributed by atoms with Crippen LogP contribution in [0.3, 0.4) is 0 Å². The van der Waals surface area contributed by atoms with Crippen molar-refractivity contribution in [3.8, 4) is 0 Å². The van der Waals surface area contributed by atoms with E-state index in [1.165, 1.54) is 25.7 Å². The molecule has 0 aromatic carbocycles. The Morgan fingerprint density at radius 2 is 1.32 bits per heavy atom. The molecule has 0 saturated heterocycles. The second kappa shape index (κ2) is 36.0. The van der Waals surface area contributed by atoms with Crippen LogP contribution in [-0.2, 0) is 37.5 Å². The zero-order valence-corrected chi connectivity index (χ0v) is 39.6. The van der Waals surface area contributed by atoms with Crippen LogP contribution in [0.5, 0.6) is 0 Å². The molecule has 0 radical (unpaired) electrons. The van der Waals surface area contributed by atoms with Gasteiger partial charge in [-0.3, -0.25) is 23.4 Å². The van der Waals surface area contributed by atoms with E-state index in [1.807, 2.05) is 57.6 Å². The van der Waals surface area contributed by atoms with Crippen LogP contribution >= 0.6 is 7.82 Å². The maximum atomic E-state index is 12.7. The molecule has 5 atom stereocenters. The number of carbonyl (C=O) groups excluding carboxylic acids is 3. The molecule has 2 N–H and O–H groups in total. The lowest BCUT2D eigenvalue weighted by Gasteiger charge is -2.24. The van der Waals surface area contributed by atoms with E-state index in [9.17, 15) is 28.9 Å². The highest BCUT2D eigenvalue weighted by Gasteiger charge is 2.28. The van der Waals surface area contributed by atoms with Crippen LogP contribution in [0.4, 0.5) is 0 Å². The summed E-state index contributed by atoms with van der Waals surface area (Å²) >= 11 is 0. The summed E-state index contributed by atoms with van der Waals surface area (Å²) in [6.07, 6.45) is 45.3. The zero-order chi connectivity index (χ0) is 45.7. The quantitative estimate of drug-likeness (QED) is 0.0203. The highest BCUT2D eigenvalue weighted by Crippen LogP contribution is 2.43. The van der Waals surface area contributed by atoms with Crippen LogP contribution in [0.25, 0.3) is 0 Å². The predicted octanol–water partition coefficient (Wildman–Crippen LogP) is 11.0. The van der Waals surface area contributed by atoms with Gasteiger partial charge in [-0.2, -0.15) is 0 Å². The standard InChI is InChI=1S/C50H80NO10P/c1-6-8-10-11-12-13-14-15-16-17-18-19-20-21-22-23-24-25-31-35-50(55)61-46(43-60-62(56,57)59-41-40-51(3,4)5)42-58-49(54)34-30-27-26-29-32-44-36-39-48(53)47(44)38-37-45(52)33-28-9-7-2/h12-13,15-16,18-19,21-22,24-26,29,36-39,44-47,52H,6-11,14,17,20,23,27-28,30-35,40-43H2,1-5H3/p+1/b13-12-,16-15-,19-18-,22-21-,25-24-,29-26-,38-37+/t44-,45-,46+,47+/m0/s1. The Bertz CT molecular complexity index is 1520. The van der Waals surface area contributed by atoms with E-state index < -0.39 is 38.6 Å². The summed E-state index contributed by atoms with van der Waals surface area (Å²) in [6, 6.07) is 0. The molecule has 62 heavy (non-hydrogen) atoms. The molecule has 1 rings (SSSR count). The summed E-state index contributed by atoms with van der Waals surface area (Å²) in [4.78, 5) is 47.9. The lowest BCUT2D eigenvalue weighted by atomic mass is 9.90. The second-order valence-electron chi connectivity index (χ2n) is 16.7. The molecule has 0 bridgehead atoms. The van der Waals surface area contributed by atoms with Crippen molar-refractivity contribution in [2.75, 3.05) is 47.5 Å². The summed E-state index contributed by atoms with van der Waals surface area (Å²) in [5.74, 6) is -1.28. The Morgan fingerprint density at radius 3 is 1.95 bits per heavy atom. The normalized spacial score (nSPS) is 18.2. The van der Waals surface area contributed by atoms with Crippen molar-refractivity contribution in [2.45, 2.75) is 142 Å². The fraction of sp³-hybridized carbons (Fsp3) is 0.620. The molecule has 12 heteroatoms. The van der Waals surface area contributed by atoms with E-state index in [-0.39, 0.29) is 43.7 Å². The van der Waals surface area contributed by atoms with Gasteiger partial charge in [-0.05, 0) is 82.6 Å². The number of hydrogen-bond donors (Lipinski definition) is 2. The first-order valence-corrected chi connectivity index (χ1v) is 24.5. The Labute approximate surface area is 374 Å². The number of phosphoric ester groups is 1. The van der Waals surface area contributed by atoms with Crippen molar-refractivity contribution in [1.82, 2.24) is 0 Å². The van der Waals surface area contributed by atoms with Crippen LogP contribution in [0.1, 0.15) is 129 Å². The molecule has 0 aromatic rings. The smallest absolute Gasteiger partial charge is 0.462 e. The van der Waals surface area contributed by atoms with Crippen molar-refractivity contribution in [2.24, 2.45) is 11.8 Å². The van der Waals surface area contributed by atoms with Gasteiger partial charge in [0.2, 0.25) is 0 Å². The van der Waals surface area contributed by atoms with E-state index in [1.54, 1.807) is 12.2 Å². The maximum Gasteiger partial charge on any atom is 0.472 e. The van der Waals surface area contributed by atoms with E-state index in [4.69, 9.17) is 18.5 Å². The number of nitrogens with zero attached hydrogens (tertiary/aromatic N) is 1. The first kappa shape index (κ1) is 56.6. The third-order valence-electron chi connectivity index (χ3n) is 9.85. The molecule has 0 fully saturated rings. The van der Waals surface area contributed by atoms with Gasteiger partial charge >= 0.3 is 19.8 Å². The largest absolute Gasteiger partial charge is 0.472 e. The number of quaternary nitrogens is 1. The van der Waals surface area contributed by atoms with E-state index in [0.717, 1.165) is 44.9 Å². The molecular weight excluding hydrogens is 806 g/mol. The molecule has 1 aliphatic rings. The number of carbonyl (C=O) groups is 3. The average Bonchev–Trinajstić information content (AvgIpc) is 3.57. The summed E-state index contributed by atoms with van der Waals surface area (Å²) in [6.45, 7) is 3.95. The minimum atomic E-state index is -4.45. The van der Waals surface area contributed by atoms with Gasteiger partial charge in [-0.15, -0.1) is 0 Å². The topological polar surface area (TPSA) is 146 Å². The fourth-order valence-electron chi connectivity index (χ4n) is 6.10. The molecule has 350 valence electrons. The fourth-order valence-corrected chi connectivity index (χ4v) is 6.84. The van der Waals surface area contributed by atoms with Gasteiger partial charge in [0.05, 0.1) is 33.9 Å². The zero-order valence-electron chi connectivity index (χ0n) is 38.7. The Hall–Kier alpha value is -3.44. The third kappa shape index (κ3) is 33.2. The van der Waals surface area contributed by atoms with Crippen molar-refractivity contribution >= 4 is 25.5 Å². The number of phosphoric acid groups is 1. The van der Waals surface area contributed by atoms with Gasteiger partial charge in [0.25, 0.3) is 0 Å². The number of allylic oxidation sites excluding steroid dienone is 15. The number of ketones is 1. The van der Waals surface area contributed by atoms with Crippen LogP contribution in [-0.4, -0.2) is 91.9 Å². The van der Waals surface area contributed by atoms with Crippen molar-refractivity contribution in [3.05, 3.63) is 97.2 Å². The van der Waals surface area contributed by atoms with Crippen LogP contribution < -0.4 is 0 Å². The van der Waals surface area contributed by atoms with E-state index >= 15 is 0 Å². The van der Waals surface area contributed by atoms with Gasteiger partial charge in [0, 0.05) is 18.8 Å². The summed E-state index contributed by atoms with van der Waals surface area (Å²) < 4.78 is 34.2. The first-order chi connectivity index (χ1) is 29.8. The number of rotatable bonds is 37. The maximum absolute atomic E-state index is 12.7. The Balaban J connectivity index is 2.51. The lowest BCUT2D eigenvalue weighted by molar-refractivity contribution is -0.870. The molecule has 1 aliphatic carbocycles. The second-order valence-corrected chi connectivity index (χ2v) is 18.2. The number of esters is 2. The number of hydrogen-bond acceptors (Lipinski definition) is 9. The number of aliphatic hydroxyl groups is 1. The van der Waals surface area contributed by atoms with Crippen molar-refractivity contribution in [3.63, 3.8) is 0 Å². The van der Waals surface area contributed by atoms with Gasteiger partial charge < -0.3 is 24.0 Å². The molecule has 0 amide bonds. The predicted molar refractivity (Wildman–Crippen MR) is 251 cm³/mol. The monoisotopic (exact) mass is 887 g/mol. The lowest BCUT2D eigenvalue weighted by Crippen LogP contribution is -2.37. The van der Waals surface area contributed by atoms with E-state index in [0.29, 0.717) is 43.1 Å². The highest BCUT2D eigenvalue weighted by atomic mass is 31.2. The van der Waals surface area contributed by atoms with Crippen molar-refractivity contribution < 1.29 is 52.0 Å². The molecule has 0 heterocycles. The average molecular weight is 887 g/mol. The number of aliphatic hydroxyl groups excluding tert-OH is 1. The van der Waals surface area contributed by atoms with Crippen LogP contribution in [0.2, 0.25) is 0 Å². The summed E-state index contributed by atoms with van der Waals surface area (Å²) in [7, 11) is 1.31. The number of ether oxygens (including phenoxy) is 2. The number of likely N-dealkylation sites (N-methyl/N-ethyl adjacent to an activating group) is 1. The number of unbranched alkanes of at least 4 members (excludes halogenated alkanes) is 6.